The SMILES string of the molecule is CC(C)(C)c1ccc(-n2nnnc2SCC(=O)Nc2ccc(C#CCCC(=O)O)cc2Cl)c(Cl)c1. The Kier molecular flexibility index (Phi) is 8.78. The van der Waals surface area contributed by atoms with Crippen molar-refractivity contribution in [1.82, 2.24) is 20.2 Å². The largest absolute Gasteiger partial charge is 0.481 e. The van der Waals surface area contributed by atoms with Gasteiger partial charge in [0.15, 0.2) is 0 Å². The lowest BCUT2D eigenvalue weighted by atomic mass is 9.87. The van der Waals surface area contributed by atoms with E-state index in [1.165, 1.54) is 4.68 Å². The van der Waals surface area contributed by atoms with Gasteiger partial charge >= 0.3 is 5.97 Å². The lowest BCUT2D eigenvalue weighted by Crippen LogP contribution is -2.15. The topological polar surface area (TPSA) is 110 Å². The molecule has 0 saturated carbocycles. The summed E-state index contributed by atoms with van der Waals surface area (Å²) in [5.41, 5.74) is 2.72. The summed E-state index contributed by atoms with van der Waals surface area (Å²) >= 11 is 13.9. The number of benzene rings is 2. The molecule has 35 heavy (non-hydrogen) atoms. The Balaban J connectivity index is 1.63. The van der Waals surface area contributed by atoms with E-state index in [1.54, 1.807) is 18.2 Å². The van der Waals surface area contributed by atoms with E-state index in [4.69, 9.17) is 28.3 Å². The lowest BCUT2D eigenvalue weighted by Gasteiger charge is -2.20. The number of hydrogen-bond acceptors (Lipinski definition) is 6. The molecule has 11 heteroatoms. The molecule has 0 radical (unpaired) electrons. The molecule has 182 valence electrons. The molecule has 0 bridgehead atoms. The highest BCUT2D eigenvalue weighted by Crippen LogP contribution is 2.30. The molecule has 0 atom stereocenters. The number of nitrogens with zero attached hydrogens (tertiary/aromatic N) is 4. The Morgan fingerprint density at radius 2 is 1.91 bits per heavy atom. The van der Waals surface area contributed by atoms with E-state index >= 15 is 0 Å². The van der Waals surface area contributed by atoms with Gasteiger partial charge in [-0.2, -0.15) is 4.68 Å². The minimum absolute atomic E-state index is 0.0236. The molecule has 3 aromatic rings. The van der Waals surface area contributed by atoms with E-state index in [2.05, 4.69) is 53.5 Å². The molecule has 8 nitrogen and oxygen atoms in total. The van der Waals surface area contributed by atoms with Crippen LogP contribution in [0.5, 0.6) is 0 Å². The molecule has 2 aromatic carbocycles. The predicted molar refractivity (Wildman–Crippen MR) is 137 cm³/mol. The highest BCUT2D eigenvalue weighted by molar-refractivity contribution is 7.99. The van der Waals surface area contributed by atoms with Gasteiger partial charge in [0.25, 0.3) is 0 Å². The molecule has 0 spiro atoms. The van der Waals surface area contributed by atoms with Crippen LogP contribution in [0.3, 0.4) is 0 Å². The number of anilines is 1. The molecule has 1 amide bonds. The molecule has 1 aromatic heterocycles. The summed E-state index contributed by atoms with van der Waals surface area (Å²) < 4.78 is 1.50. The van der Waals surface area contributed by atoms with Crippen LogP contribution < -0.4 is 5.32 Å². The summed E-state index contributed by atoms with van der Waals surface area (Å²) in [6.45, 7) is 6.31. The lowest BCUT2D eigenvalue weighted by molar-refractivity contribution is -0.136. The number of halogens is 2. The number of amides is 1. The van der Waals surface area contributed by atoms with Gasteiger partial charge in [-0.3, -0.25) is 9.59 Å². The van der Waals surface area contributed by atoms with Crippen molar-refractivity contribution in [3.63, 3.8) is 0 Å². The van der Waals surface area contributed by atoms with Crippen molar-refractivity contribution >= 4 is 52.5 Å². The van der Waals surface area contributed by atoms with Crippen LogP contribution in [0, 0.1) is 11.8 Å². The molecule has 0 aliphatic rings. The van der Waals surface area contributed by atoms with E-state index in [1.807, 2.05) is 18.2 Å². The van der Waals surface area contributed by atoms with Crippen LogP contribution in [0.1, 0.15) is 44.7 Å². The van der Waals surface area contributed by atoms with Gasteiger partial charge in [-0.05, 0) is 51.7 Å². The highest BCUT2D eigenvalue weighted by Gasteiger charge is 2.18. The average Bonchev–Trinajstić information content (AvgIpc) is 3.24. The Morgan fingerprint density at radius 1 is 1.14 bits per heavy atom. The van der Waals surface area contributed by atoms with Gasteiger partial charge in [0.05, 0.1) is 33.6 Å². The van der Waals surface area contributed by atoms with Crippen molar-refractivity contribution in [3.05, 3.63) is 57.6 Å². The average molecular weight is 532 g/mol. The van der Waals surface area contributed by atoms with Gasteiger partial charge in [-0.1, -0.05) is 73.6 Å². The van der Waals surface area contributed by atoms with Crippen molar-refractivity contribution in [2.75, 3.05) is 11.1 Å². The van der Waals surface area contributed by atoms with Crippen LogP contribution in [0.25, 0.3) is 5.69 Å². The van der Waals surface area contributed by atoms with Gasteiger partial charge in [0.2, 0.25) is 11.1 Å². The van der Waals surface area contributed by atoms with Gasteiger partial charge in [0.1, 0.15) is 0 Å². The Morgan fingerprint density at radius 3 is 2.57 bits per heavy atom. The highest BCUT2D eigenvalue weighted by atomic mass is 35.5. The molecule has 3 rings (SSSR count). The van der Waals surface area contributed by atoms with Gasteiger partial charge in [0, 0.05) is 12.0 Å². The molecular weight excluding hydrogens is 509 g/mol. The van der Waals surface area contributed by atoms with Crippen LogP contribution >= 0.6 is 35.0 Å². The van der Waals surface area contributed by atoms with E-state index in [0.29, 0.717) is 32.1 Å². The third-order valence-corrected chi connectivity index (χ3v) is 6.29. The van der Waals surface area contributed by atoms with Crippen LogP contribution in [0.2, 0.25) is 10.0 Å². The maximum atomic E-state index is 12.5. The molecule has 0 saturated heterocycles. The number of carboxylic acid groups (broad SMARTS) is 1. The zero-order valence-electron chi connectivity index (χ0n) is 19.3. The minimum atomic E-state index is -0.899. The maximum absolute atomic E-state index is 12.5. The molecule has 0 aliphatic carbocycles. The first-order chi connectivity index (χ1) is 16.5. The minimum Gasteiger partial charge on any atom is -0.481 e. The second kappa shape index (κ2) is 11.6. The van der Waals surface area contributed by atoms with Gasteiger partial charge in [-0.15, -0.1) is 5.10 Å². The number of aromatic nitrogens is 4. The second-order valence-corrected chi connectivity index (χ2v) is 10.3. The fourth-order valence-corrected chi connectivity index (χ4v) is 4.08. The Bertz CT molecular complexity index is 1310. The molecule has 0 unspecified atom stereocenters. The second-order valence-electron chi connectivity index (χ2n) is 8.52. The summed E-state index contributed by atoms with van der Waals surface area (Å²) in [6.07, 6.45) is 0.221. The fraction of sp³-hybridized carbons (Fsp3) is 0.292. The third-order valence-electron chi connectivity index (χ3n) is 4.75. The fourth-order valence-electron chi connectivity index (χ4n) is 2.91. The summed E-state index contributed by atoms with van der Waals surface area (Å²) in [4.78, 5) is 23.1. The van der Waals surface area contributed by atoms with Crippen LogP contribution in [-0.4, -0.2) is 42.9 Å². The van der Waals surface area contributed by atoms with Crippen molar-refractivity contribution in [2.24, 2.45) is 0 Å². The first kappa shape index (κ1) is 26.5. The van der Waals surface area contributed by atoms with E-state index in [9.17, 15) is 9.59 Å². The maximum Gasteiger partial charge on any atom is 0.304 e. The summed E-state index contributed by atoms with van der Waals surface area (Å²) in [6, 6.07) is 10.7. The number of tetrazole rings is 1. The van der Waals surface area contributed by atoms with Gasteiger partial charge < -0.3 is 10.4 Å². The first-order valence-electron chi connectivity index (χ1n) is 10.6. The van der Waals surface area contributed by atoms with Crippen LogP contribution in [-0.2, 0) is 15.0 Å². The summed E-state index contributed by atoms with van der Waals surface area (Å²) in [7, 11) is 0. The van der Waals surface area contributed by atoms with E-state index < -0.39 is 5.97 Å². The Labute approximate surface area is 217 Å². The molecule has 1 heterocycles. The third kappa shape index (κ3) is 7.46. The number of aliphatic carboxylic acids is 1. The number of nitrogens with one attached hydrogen (secondary N) is 1. The summed E-state index contributed by atoms with van der Waals surface area (Å²) in [5.74, 6) is 4.49. The van der Waals surface area contributed by atoms with Crippen LogP contribution in [0.4, 0.5) is 5.69 Å². The number of carbonyl (C=O) groups is 2. The molecule has 0 fully saturated rings. The monoisotopic (exact) mass is 531 g/mol. The summed E-state index contributed by atoms with van der Waals surface area (Å²) in [5, 5.41) is 24.4. The number of carbonyl (C=O) groups excluding carboxylic acids is 1. The van der Waals surface area contributed by atoms with Crippen LogP contribution in [0.15, 0.2) is 41.6 Å². The Hall–Kier alpha value is -3.06. The van der Waals surface area contributed by atoms with Crippen molar-refractivity contribution < 1.29 is 14.7 Å². The van der Waals surface area contributed by atoms with Gasteiger partial charge in [-0.25, -0.2) is 0 Å². The molecule has 0 aliphatic heterocycles. The molecular formula is C24H23Cl2N5O3S. The van der Waals surface area contributed by atoms with Crippen molar-refractivity contribution in [1.29, 1.82) is 0 Å². The normalized spacial score (nSPS) is 11.0. The number of hydrogen-bond donors (Lipinski definition) is 2. The van der Waals surface area contributed by atoms with Crippen molar-refractivity contribution in [2.45, 2.75) is 44.2 Å². The number of rotatable bonds is 7. The number of thioether (sulfide) groups is 1. The quantitative estimate of drug-likeness (QED) is 0.317. The van der Waals surface area contributed by atoms with Crippen molar-refractivity contribution in [3.8, 4) is 17.5 Å². The predicted octanol–water partition coefficient (Wildman–Crippen LogP) is 5.21. The smallest absolute Gasteiger partial charge is 0.304 e. The van der Waals surface area contributed by atoms with E-state index in [-0.39, 0.29) is 29.9 Å². The zero-order chi connectivity index (χ0) is 25.6. The molecule has 2 N–H and O–H groups in total. The zero-order valence-corrected chi connectivity index (χ0v) is 21.6. The standard InChI is InChI=1S/C24H23Cl2N5O3S/c1-24(2,3)16-9-11-20(18(26)13-16)31-23(28-29-30-31)35-14-21(32)27-19-10-8-15(12-17(19)25)6-4-5-7-22(33)34/h8-13H,5,7,14H2,1-3H3,(H,27,32)(H,33,34). The number of carboxylic acids is 1. The van der Waals surface area contributed by atoms with E-state index in [0.717, 1.165) is 17.3 Å². The first-order valence-corrected chi connectivity index (χ1v) is 12.3.